The molecule has 3 heteroatoms. The summed E-state index contributed by atoms with van der Waals surface area (Å²) in [6.07, 6.45) is 17.6. The Balaban J connectivity index is 1.58. The molecule has 0 saturated heterocycles. The summed E-state index contributed by atoms with van der Waals surface area (Å²) in [6, 6.07) is 2.70. The Hall–Kier alpha value is -1.84. The number of thiophene rings is 1. The number of dihydropyridines is 1. The second-order valence-corrected chi connectivity index (χ2v) is 13.1. The maximum atomic E-state index is 4.93. The van der Waals surface area contributed by atoms with Gasteiger partial charge in [0, 0.05) is 34.0 Å². The molecule has 5 aliphatic rings. The third kappa shape index (κ3) is 3.10. The van der Waals surface area contributed by atoms with E-state index >= 15 is 0 Å². The molecule has 35 heavy (non-hydrogen) atoms. The molecule has 1 aromatic heterocycles. The van der Waals surface area contributed by atoms with E-state index in [0.717, 1.165) is 6.54 Å². The van der Waals surface area contributed by atoms with Crippen LogP contribution in [-0.2, 0) is 0 Å². The van der Waals surface area contributed by atoms with Gasteiger partial charge >= 0.3 is 0 Å². The molecule has 0 radical (unpaired) electrons. The van der Waals surface area contributed by atoms with Crippen molar-refractivity contribution in [1.29, 1.82) is 0 Å². The highest BCUT2D eigenvalue weighted by Crippen LogP contribution is 2.79. The fourth-order valence-electron chi connectivity index (χ4n) is 8.89. The Labute approximate surface area is 216 Å². The highest BCUT2D eigenvalue weighted by Gasteiger charge is 2.70. The monoisotopic (exact) mass is 486 g/mol. The zero-order chi connectivity index (χ0) is 24.6. The summed E-state index contributed by atoms with van der Waals surface area (Å²) in [5.74, 6) is 1.33. The van der Waals surface area contributed by atoms with Gasteiger partial charge in [-0.1, -0.05) is 37.3 Å². The first-order valence-electron chi connectivity index (χ1n) is 13.7. The Morgan fingerprint density at radius 3 is 2.71 bits per heavy atom. The average Bonchev–Trinajstić information content (AvgIpc) is 3.43. The van der Waals surface area contributed by atoms with E-state index in [0.29, 0.717) is 23.3 Å². The molecule has 0 aromatic carbocycles. The Morgan fingerprint density at radius 1 is 1.26 bits per heavy atom. The summed E-state index contributed by atoms with van der Waals surface area (Å²) in [5.41, 5.74) is 9.57. The first-order valence-corrected chi connectivity index (χ1v) is 14.6. The van der Waals surface area contributed by atoms with E-state index in [1.165, 1.54) is 60.9 Å². The summed E-state index contributed by atoms with van der Waals surface area (Å²) in [6.45, 7) is 15.2. The van der Waals surface area contributed by atoms with Crippen LogP contribution in [0.2, 0.25) is 0 Å². The number of nitrogens with one attached hydrogen (secondary N) is 2. The molecule has 6 rings (SSSR count). The zero-order valence-electron chi connectivity index (χ0n) is 22.3. The molecule has 1 spiro atoms. The lowest BCUT2D eigenvalue weighted by Crippen LogP contribution is -2.48. The standard InChI is InChI=1S/C32H42N2S/c1-7-27(22(4)33-6)21(3)30(5)12-10-28-31(13-14-31)26-16-23-11-15-35-29(23)24(17-26)18-32(28,30)25-9-8-20(2)34-19-25/h7-9,11,15-16,22,24,28,33-34H,3,10,12-14,17-19H2,1-2,4-6H3/b27-7-. The van der Waals surface area contributed by atoms with Gasteiger partial charge in [-0.3, -0.25) is 0 Å². The van der Waals surface area contributed by atoms with Crippen molar-refractivity contribution >= 4 is 17.4 Å². The third-order valence-corrected chi connectivity index (χ3v) is 12.1. The quantitative estimate of drug-likeness (QED) is 0.416. The van der Waals surface area contributed by atoms with Crippen LogP contribution in [0.15, 0.2) is 64.2 Å². The maximum Gasteiger partial charge on any atom is 0.0366 e. The molecule has 2 heterocycles. The van der Waals surface area contributed by atoms with Crippen LogP contribution in [0.1, 0.15) is 82.6 Å². The van der Waals surface area contributed by atoms with Gasteiger partial charge in [-0.15, -0.1) is 11.3 Å². The van der Waals surface area contributed by atoms with Crippen molar-refractivity contribution in [2.75, 3.05) is 13.6 Å². The van der Waals surface area contributed by atoms with Crippen molar-refractivity contribution in [3.63, 3.8) is 0 Å². The minimum atomic E-state index is 0.0439. The number of fused-ring (bicyclic) bond motifs is 7. The lowest BCUT2D eigenvalue weighted by Gasteiger charge is -2.53. The molecule has 5 atom stereocenters. The van der Waals surface area contributed by atoms with Crippen molar-refractivity contribution in [3.05, 3.63) is 74.7 Å². The number of hydrogen-bond acceptors (Lipinski definition) is 3. The van der Waals surface area contributed by atoms with Crippen molar-refractivity contribution in [2.45, 2.75) is 78.2 Å². The third-order valence-electron chi connectivity index (χ3n) is 11.0. The Kier molecular flexibility index (Phi) is 5.44. The van der Waals surface area contributed by atoms with Gasteiger partial charge in [0.15, 0.2) is 0 Å². The molecule has 4 aliphatic carbocycles. The highest BCUT2D eigenvalue weighted by atomic mass is 32.1. The average molecular weight is 487 g/mol. The molecule has 0 amide bonds. The van der Waals surface area contributed by atoms with E-state index in [4.69, 9.17) is 6.58 Å². The minimum Gasteiger partial charge on any atom is -0.385 e. The molecule has 5 unspecified atom stereocenters. The van der Waals surface area contributed by atoms with E-state index in [-0.39, 0.29) is 10.8 Å². The maximum absolute atomic E-state index is 4.93. The van der Waals surface area contributed by atoms with Crippen LogP contribution >= 0.6 is 11.3 Å². The first kappa shape index (κ1) is 23.6. The molecule has 186 valence electrons. The minimum absolute atomic E-state index is 0.0439. The Morgan fingerprint density at radius 2 is 2.06 bits per heavy atom. The van der Waals surface area contributed by atoms with Gasteiger partial charge in [-0.2, -0.15) is 0 Å². The summed E-state index contributed by atoms with van der Waals surface area (Å²) in [4.78, 5) is 1.63. The predicted octanol–water partition coefficient (Wildman–Crippen LogP) is 7.75. The number of hydrogen-bond donors (Lipinski definition) is 2. The van der Waals surface area contributed by atoms with Gasteiger partial charge < -0.3 is 10.6 Å². The van der Waals surface area contributed by atoms with Crippen LogP contribution in [0, 0.1) is 22.2 Å². The summed E-state index contributed by atoms with van der Waals surface area (Å²) < 4.78 is 0. The molecule has 3 fully saturated rings. The molecule has 3 saturated carbocycles. The van der Waals surface area contributed by atoms with Gasteiger partial charge in [0.25, 0.3) is 0 Å². The van der Waals surface area contributed by atoms with Gasteiger partial charge in [0.05, 0.1) is 0 Å². The van der Waals surface area contributed by atoms with Crippen molar-refractivity contribution in [2.24, 2.45) is 22.2 Å². The fraction of sp³-hybridized carbons (Fsp3) is 0.562. The van der Waals surface area contributed by atoms with Crippen molar-refractivity contribution in [1.82, 2.24) is 10.6 Å². The molecule has 2 bridgehead atoms. The summed E-state index contributed by atoms with van der Waals surface area (Å²) in [7, 11) is 2.08. The van der Waals surface area contributed by atoms with Gasteiger partial charge in [0.1, 0.15) is 0 Å². The zero-order valence-corrected chi connectivity index (χ0v) is 23.1. The lowest BCUT2D eigenvalue weighted by molar-refractivity contribution is 0.0780. The number of allylic oxidation sites excluding steroid dienone is 5. The number of rotatable bonds is 5. The van der Waals surface area contributed by atoms with E-state index in [9.17, 15) is 0 Å². The molecule has 2 N–H and O–H groups in total. The SMILES string of the molecule is C=C(/C(=C/C)C(C)NC)C1(C)CCC2C3(CC3)C3=Cc4ccsc4C(C3)CC21C1=CC=C(C)NC1. The van der Waals surface area contributed by atoms with Crippen LogP contribution in [-0.4, -0.2) is 19.6 Å². The first-order chi connectivity index (χ1) is 16.8. The van der Waals surface area contributed by atoms with Gasteiger partial charge in [-0.25, -0.2) is 0 Å². The van der Waals surface area contributed by atoms with Crippen LogP contribution < -0.4 is 10.6 Å². The normalized spacial score (nSPS) is 35.7. The van der Waals surface area contributed by atoms with Gasteiger partial charge in [0.2, 0.25) is 0 Å². The van der Waals surface area contributed by atoms with Crippen LogP contribution in [0.25, 0.3) is 6.08 Å². The van der Waals surface area contributed by atoms with E-state index in [1.807, 2.05) is 11.3 Å². The predicted molar refractivity (Wildman–Crippen MR) is 150 cm³/mol. The van der Waals surface area contributed by atoms with Crippen LogP contribution in [0.3, 0.4) is 0 Å². The fourth-order valence-corrected chi connectivity index (χ4v) is 9.87. The second kappa shape index (κ2) is 8.08. The second-order valence-electron chi connectivity index (χ2n) is 12.2. The van der Waals surface area contributed by atoms with Crippen LogP contribution in [0.5, 0.6) is 0 Å². The molecule has 2 nitrogen and oxygen atoms in total. The van der Waals surface area contributed by atoms with E-state index in [2.05, 4.69) is 81.1 Å². The van der Waals surface area contributed by atoms with Crippen LogP contribution in [0.4, 0.5) is 0 Å². The van der Waals surface area contributed by atoms with Crippen molar-refractivity contribution < 1.29 is 0 Å². The smallest absolute Gasteiger partial charge is 0.0366 e. The summed E-state index contributed by atoms with van der Waals surface area (Å²) >= 11 is 2.00. The molecular weight excluding hydrogens is 444 g/mol. The molecule has 1 aromatic rings. The lowest BCUT2D eigenvalue weighted by atomic mass is 9.51. The number of likely N-dealkylation sites (N-methyl/N-ethyl adjacent to an activating group) is 1. The largest absolute Gasteiger partial charge is 0.385 e. The molecular formula is C32H42N2S. The highest BCUT2D eigenvalue weighted by molar-refractivity contribution is 7.10. The van der Waals surface area contributed by atoms with Gasteiger partial charge in [-0.05, 0) is 123 Å². The molecule has 1 aliphatic heterocycles. The summed E-state index contributed by atoms with van der Waals surface area (Å²) in [5, 5.41) is 9.61. The van der Waals surface area contributed by atoms with E-state index < -0.39 is 0 Å². The van der Waals surface area contributed by atoms with Crippen molar-refractivity contribution in [3.8, 4) is 0 Å². The van der Waals surface area contributed by atoms with E-state index in [1.54, 1.807) is 16.0 Å². The Bertz CT molecular complexity index is 1190. The topological polar surface area (TPSA) is 24.1 Å².